The van der Waals surface area contributed by atoms with Gasteiger partial charge in [0.15, 0.2) is 0 Å². The molecule has 130 valence electrons. The highest BCUT2D eigenvalue weighted by Gasteiger charge is 2.42. The Morgan fingerprint density at radius 2 is 2.08 bits per heavy atom. The second-order valence-corrected chi connectivity index (χ2v) is 7.92. The van der Waals surface area contributed by atoms with E-state index in [9.17, 15) is 4.79 Å². The lowest BCUT2D eigenvalue weighted by atomic mass is 9.97. The van der Waals surface area contributed by atoms with Gasteiger partial charge >= 0.3 is 5.97 Å². The number of fused-ring (bicyclic) bond motifs is 1. The van der Waals surface area contributed by atoms with Crippen molar-refractivity contribution in [2.45, 2.75) is 31.6 Å². The van der Waals surface area contributed by atoms with E-state index in [0.717, 1.165) is 17.7 Å². The summed E-state index contributed by atoms with van der Waals surface area (Å²) in [5.41, 5.74) is 4.63. The minimum Gasteiger partial charge on any atom is -0.497 e. The number of rotatable bonds is 5. The van der Waals surface area contributed by atoms with Crippen molar-refractivity contribution in [2.75, 3.05) is 14.2 Å². The van der Waals surface area contributed by atoms with Crippen LogP contribution in [0.2, 0.25) is 0 Å². The van der Waals surface area contributed by atoms with Crippen LogP contribution in [-0.4, -0.2) is 25.2 Å². The van der Waals surface area contributed by atoms with Gasteiger partial charge in [0.1, 0.15) is 5.75 Å². The number of nitrogens with one attached hydrogen (secondary N) is 1. The number of aromatic nitrogens is 1. The lowest BCUT2D eigenvalue weighted by molar-refractivity contribution is 0.0601. The number of ether oxygens (including phenoxy) is 2. The predicted octanol–water partition coefficient (Wildman–Crippen LogP) is 4.67. The Morgan fingerprint density at radius 3 is 2.76 bits per heavy atom. The Balaban J connectivity index is 1.77. The second-order valence-electron chi connectivity index (χ2n) is 6.92. The van der Waals surface area contributed by atoms with Gasteiger partial charge in [-0.2, -0.15) is 0 Å². The largest absolute Gasteiger partial charge is 0.497 e. The Bertz CT molecular complexity index is 949. The van der Waals surface area contributed by atoms with Crippen LogP contribution in [-0.2, 0) is 16.6 Å². The maximum Gasteiger partial charge on any atom is 0.338 e. The molecule has 5 heteroatoms. The van der Waals surface area contributed by atoms with E-state index < -0.39 is 0 Å². The molecule has 1 fully saturated rings. The molecule has 0 saturated heterocycles. The average Bonchev–Trinajstić information content (AvgIpc) is 3.07. The van der Waals surface area contributed by atoms with Gasteiger partial charge in [0, 0.05) is 44.8 Å². The van der Waals surface area contributed by atoms with Crippen LogP contribution < -0.4 is 4.74 Å². The summed E-state index contributed by atoms with van der Waals surface area (Å²) in [6.07, 6.45) is 3.24. The lowest BCUT2D eigenvalue weighted by Gasteiger charge is -2.10. The number of carbonyl (C=O) groups excluding carboxylic acids is 1. The van der Waals surface area contributed by atoms with Crippen LogP contribution >= 0.6 is 11.3 Å². The van der Waals surface area contributed by atoms with Crippen LogP contribution in [0.3, 0.4) is 0 Å². The quantitative estimate of drug-likeness (QED) is 0.677. The summed E-state index contributed by atoms with van der Waals surface area (Å²) in [6.45, 7) is 2.31. The zero-order valence-corrected chi connectivity index (χ0v) is 15.5. The molecule has 1 aromatic carbocycles. The highest BCUT2D eigenvalue weighted by atomic mass is 32.1. The second kappa shape index (κ2) is 5.92. The Labute approximate surface area is 150 Å². The van der Waals surface area contributed by atoms with E-state index in [4.69, 9.17) is 9.47 Å². The van der Waals surface area contributed by atoms with Crippen molar-refractivity contribution >= 4 is 28.2 Å². The van der Waals surface area contributed by atoms with Crippen LogP contribution in [0.15, 0.2) is 29.6 Å². The van der Waals surface area contributed by atoms with E-state index >= 15 is 0 Å². The standard InChI is InChI=1S/C20H21NO3S/c1-20(6-7-20)18-16(10-14-8-12(11-25-14)19(22)24-3)15-5-4-13(23-2)9-17(15)21-18/h4-5,8-9,11,21H,6-7,10H2,1-3H3. The normalized spacial score (nSPS) is 15.3. The van der Waals surface area contributed by atoms with Gasteiger partial charge in [-0.1, -0.05) is 6.92 Å². The van der Waals surface area contributed by atoms with Gasteiger partial charge in [-0.15, -0.1) is 11.3 Å². The molecule has 4 nitrogen and oxygen atoms in total. The molecule has 3 aromatic rings. The third-order valence-electron chi connectivity index (χ3n) is 5.14. The van der Waals surface area contributed by atoms with Crippen molar-refractivity contribution in [2.24, 2.45) is 0 Å². The number of thiophene rings is 1. The zero-order valence-electron chi connectivity index (χ0n) is 14.6. The molecule has 0 aliphatic heterocycles. The van der Waals surface area contributed by atoms with Crippen molar-refractivity contribution in [3.05, 3.63) is 51.3 Å². The molecular weight excluding hydrogens is 334 g/mol. The van der Waals surface area contributed by atoms with E-state index in [1.54, 1.807) is 18.4 Å². The Hall–Kier alpha value is -2.27. The number of H-pyrrole nitrogens is 1. The van der Waals surface area contributed by atoms with Gasteiger partial charge in [0.05, 0.1) is 19.8 Å². The molecule has 4 rings (SSSR count). The number of methoxy groups -OCH3 is 2. The maximum absolute atomic E-state index is 11.7. The van der Waals surface area contributed by atoms with E-state index in [1.165, 1.54) is 41.5 Å². The maximum atomic E-state index is 11.7. The van der Waals surface area contributed by atoms with Gasteiger partial charge in [0.2, 0.25) is 0 Å². The molecule has 1 saturated carbocycles. The van der Waals surface area contributed by atoms with Gasteiger partial charge in [0.25, 0.3) is 0 Å². The van der Waals surface area contributed by atoms with Crippen LogP contribution in [0.25, 0.3) is 10.9 Å². The van der Waals surface area contributed by atoms with Gasteiger partial charge in [-0.25, -0.2) is 4.79 Å². The summed E-state index contributed by atoms with van der Waals surface area (Å²) in [5.74, 6) is 0.581. The fourth-order valence-corrected chi connectivity index (χ4v) is 4.24. The lowest BCUT2D eigenvalue weighted by Crippen LogP contribution is -2.04. The van der Waals surface area contributed by atoms with E-state index in [0.29, 0.717) is 5.56 Å². The molecule has 1 N–H and O–H groups in total. The average molecular weight is 355 g/mol. The first-order valence-corrected chi connectivity index (χ1v) is 9.27. The van der Waals surface area contributed by atoms with Crippen molar-refractivity contribution in [1.29, 1.82) is 0 Å². The molecular formula is C20H21NO3S. The molecule has 1 aliphatic carbocycles. The molecule has 0 unspecified atom stereocenters. The Morgan fingerprint density at radius 1 is 1.28 bits per heavy atom. The summed E-state index contributed by atoms with van der Waals surface area (Å²) in [5, 5.41) is 3.11. The van der Waals surface area contributed by atoms with Crippen molar-refractivity contribution in [1.82, 2.24) is 4.98 Å². The van der Waals surface area contributed by atoms with Crippen LogP contribution in [0.4, 0.5) is 0 Å². The molecule has 0 amide bonds. The zero-order chi connectivity index (χ0) is 17.6. The van der Waals surface area contributed by atoms with Gasteiger partial charge < -0.3 is 14.5 Å². The summed E-state index contributed by atoms with van der Waals surface area (Å²) in [6, 6.07) is 8.14. The topological polar surface area (TPSA) is 51.3 Å². The number of esters is 1. The third-order valence-corrected chi connectivity index (χ3v) is 6.08. The van der Waals surface area contributed by atoms with E-state index in [1.807, 2.05) is 17.5 Å². The smallest absolute Gasteiger partial charge is 0.338 e. The highest BCUT2D eigenvalue weighted by molar-refractivity contribution is 7.10. The number of carbonyl (C=O) groups is 1. The predicted molar refractivity (Wildman–Crippen MR) is 99.9 cm³/mol. The molecule has 1 aliphatic rings. The monoisotopic (exact) mass is 355 g/mol. The molecule has 0 spiro atoms. The number of hydrogen-bond acceptors (Lipinski definition) is 4. The molecule has 0 bridgehead atoms. The summed E-state index contributed by atoms with van der Waals surface area (Å²) < 4.78 is 10.2. The van der Waals surface area contributed by atoms with Gasteiger partial charge in [-0.3, -0.25) is 0 Å². The first kappa shape index (κ1) is 16.2. The Kier molecular flexibility index (Phi) is 3.84. The number of benzene rings is 1. The first-order valence-electron chi connectivity index (χ1n) is 8.39. The number of hydrogen-bond donors (Lipinski definition) is 1. The summed E-state index contributed by atoms with van der Waals surface area (Å²) >= 11 is 1.61. The highest BCUT2D eigenvalue weighted by Crippen LogP contribution is 2.50. The van der Waals surface area contributed by atoms with Crippen LogP contribution in [0.1, 0.15) is 46.3 Å². The third kappa shape index (κ3) is 2.82. The van der Waals surface area contributed by atoms with Crippen molar-refractivity contribution < 1.29 is 14.3 Å². The molecule has 0 atom stereocenters. The van der Waals surface area contributed by atoms with E-state index in [2.05, 4.69) is 24.0 Å². The molecule has 2 heterocycles. The SMILES string of the molecule is COC(=O)c1csc(Cc2c(C3(C)CC3)[nH]c3cc(OC)ccc23)c1. The molecule has 2 aromatic heterocycles. The summed E-state index contributed by atoms with van der Waals surface area (Å²) in [7, 11) is 3.10. The first-order chi connectivity index (χ1) is 12.0. The number of aromatic amines is 1. The van der Waals surface area contributed by atoms with E-state index in [-0.39, 0.29) is 11.4 Å². The summed E-state index contributed by atoms with van der Waals surface area (Å²) in [4.78, 5) is 16.5. The molecule has 25 heavy (non-hydrogen) atoms. The van der Waals surface area contributed by atoms with Crippen LogP contribution in [0, 0.1) is 0 Å². The van der Waals surface area contributed by atoms with Gasteiger partial charge in [-0.05, 0) is 36.6 Å². The van der Waals surface area contributed by atoms with Crippen LogP contribution in [0.5, 0.6) is 5.75 Å². The fourth-order valence-electron chi connectivity index (χ4n) is 3.37. The van der Waals surface area contributed by atoms with Crippen molar-refractivity contribution in [3.8, 4) is 5.75 Å². The molecule has 0 radical (unpaired) electrons. The fraction of sp³-hybridized carbons (Fsp3) is 0.350. The minimum atomic E-state index is -0.277. The van der Waals surface area contributed by atoms with Crippen molar-refractivity contribution in [3.63, 3.8) is 0 Å². The minimum absolute atomic E-state index is 0.240.